The molecule has 2 nitrogen and oxygen atoms in total. The standard InChI is InChI=1S/C17H23NO/c1-10-2-3-18-9-15(10)17(19)16-13-5-11-4-12(7-13)8-14(16)6-11/h2-3,9,11-14,16-17,19H,4-8H2,1H3. The molecule has 0 amide bonds. The molecule has 1 atom stereocenters. The summed E-state index contributed by atoms with van der Waals surface area (Å²) in [6, 6.07) is 2.02. The number of rotatable bonds is 2. The molecule has 102 valence electrons. The van der Waals surface area contributed by atoms with Gasteiger partial charge in [0.1, 0.15) is 0 Å². The van der Waals surface area contributed by atoms with Crippen LogP contribution in [-0.4, -0.2) is 10.1 Å². The molecule has 0 aliphatic heterocycles. The van der Waals surface area contributed by atoms with E-state index in [9.17, 15) is 5.11 Å². The predicted octanol–water partition coefficient (Wildman–Crippen LogP) is 3.50. The normalized spacial score (nSPS) is 41.5. The van der Waals surface area contributed by atoms with Gasteiger partial charge in [-0.05, 0) is 80.2 Å². The summed E-state index contributed by atoms with van der Waals surface area (Å²) in [7, 11) is 0. The summed E-state index contributed by atoms with van der Waals surface area (Å²) in [5, 5.41) is 10.9. The molecule has 19 heavy (non-hydrogen) atoms. The molecular formula is C17H23NO. The lowest BCUT2D eigenvalue weighted by Gasteiger charge is -2.55. The van der Waals surface area contributed by atoms with Gasteiger partial charge >= 0.3 is 0 Å². The Balaban J connectivity index is 1.64. The van der Waals surface area contributed by atoms with E-state index in [1.165, 1.54) is 37.7 Å². The smallest absolute Gasteiger partial charge is 0.0840 e. The summed E-state index contributed by atoms with van der Waals surface area (Å²) in [5.41, 5.74) is 2.26. The van der Waals surface area contributed by atoms with Gasteiger partial charge < -0.3 is 5.11 Å². The second kappa shape index (κ2) is 4.31. The Morgan fingerprint density at radius 1 is 1.11 bits per heavy atom. The molecule has 4 aliphatic carbocycles. The molecule has 0 radical (unpaired) electrons. The first-order valence-corrected chi connectivity index (χ1v) is 7.81. The van der Waals surface area contributed by atoms with Gasteiger partial charge in [-0.3, -0.25) is 4.98 Å². The first-order chi connectivity index (χ1) is 9.22. The lowest BCUT2D eigenvalue weighted by atomic mass is 9.50. The zero-order chi connectivity index (χ0) is 13.0. The molecule has 2 heteroatoms. The fourth-order valence-corrected chi connectivity index (χ4v) is 5.48. The molecule has 1 N–H and O–H groups in total. The van der Waals surface area contributed by atoms with Gasteiger partial charge in [0, 0.05) is 18.0 Å². The highest BCUT2D eigenvalue weighted by Gasteiger charge is 2.50. The minimum atomic E-state index is -0.288. The Hall–Kier alpha value is -0.890. The first kappa shape index (κ1) is 11.9. The molecule has 5 rings (SSSR count). The van der Waals surface area contributed by atoms with Crippen molar-refractivity contribution in [1.29, 1.82) is 0 Å². The largest absolute Gasteiger partial charge is 0.388 e. The summed E-state index contributed by atoms with van der Waals surface area (Å²) in [5.74, 6) is 3.98. The molecule has 1 unspecified atom stereocenters. The van der Waals surface area contributed by atoms with E-state index < -0.39 is 0 Å². The zero-order valence-corrected chi connectivity index (χ0v) is 11.6. The zero-order valence-electron chi connectivity index (χ0n) is 11.6. The third kappa shape index (κ3) is 1.84. The average molecular weight is 257 g/mol. The topological polar surface area (TPSA) is 33.1 Å². The maximum Gasteiger partial charge on any atom is 0.0840 e. The SMILES string of the molecule is Cc1ccncc1C(O)C1C2CC3CC(C2)CC1C3. The molecule has 1 aromatic rings. The van der Waals surface area contributed by atoms with Crippen molar-refractivity contribution in [2.45, 2.75) is 45.1 Å². The van der Waals surface area contributed by atoms with Crippen LogP contribution in [0, 0.1) is 36.5 Å². The summed E-state index contributed by atoms with van der Waals surface area (Å²) in [4.78, 5) is 4.22. The second-order valence-electron chi connectivity index (χ2n) is 7.19. The Bertz CT molecular complexity index is 456. The van der Waals surface area contributed by atoms with Crippen LogP contribution in [0.25, 0.3) is 0 Å². The highest BCUT2D eigenvalue weighted by molar-refractivity contribution is 5.25. The van der Waals surface area contributed by atoms with Gasteiger partial charge in [-0.1, -0.05) is 0 Å². The molecule has 0 spiro atoms. The number of aliphatic hydroxyl groups excluding tert-OH is 1. The number of nitrogens with zero attached hydrogens (tertiary/aromatic N) is 1. The first-order valence-electron chi connectivity index (χ1n) is 7.81. The average Bonchev–Trinajstić information content (AvgIpc) is 2.37. The van der Waals surface area contributed by atoms with Crippen LogP contribution in [0.4, 0.5) is 0 Å². The van der Waals surface area contributed by atoms with E-state index in [1.54, 1.807) is 0 Å². The van der Waals surface area contributed by atoms with Gasteiger partial charge in [0.2, 0.25) is 0 Å². The van der Waals surface area contributed by atoms with Gasteiger partial charge in [0.25, 0.3) is 0 Å². The van der Waals surface area contributed by atoms with E-state index in [4.69, 9.17) is 0 Å². The van der Waals surface area contributed by atoms with Crippen LogP contribution in [0.2, 0.25) is 0 Å². The Morgan fingerprint density at radius 3 is 2.32 bits per heavy atom. The van der Waals surface area contributed by atoms with Gasteiger partial charge in [0.05, 0.1) is 6.10 Å². The maximum absolute atomic E-state index is 10.9. The van der Waals surface area contributed by atoms with Crippen molar-refractivity contribution in [3.05, 3.63) is 29.6 Å². The number of hydrogen-bond acceptors (Lipinski definition) is 2. The van der Waals surface area contributed by atoms with Crippen molar-refractivity contribution < 1.29 is 5.11 Å². The van der Waals surface area contributed by atoms with Crippen LogP contribution in [0.1, 0.15) is 49.3 Å². The van der Waals surface area contributed by atoms with E-state index in [-0.39, 0.29) is 6.10 Å². The predicted molar refractivity (Wildman–Crippen MR) is 74.5 cm³/mol. The van der Waals surface area contributed by atoms with Crippen molar-refractivity contribution in [2.75, 3.05) is 0 Å². The van der Waals surface area contributed by atoms with Gasteiger partial charge in [-0.25, -0.2) is 0 Å². The van der Waals surface area contributed by atoms with E-state index in [0.29, 0.717) is 5.92 Å². The molecule has 4 fully saturated rings. The van der Waals surface area contributed by atoms with Crippen molar-refractivity contribution in [2.24, 2.45) is 29.6 Å². The van der Waals surface area contributed by atoms with Crippen LogP contribution in [0.15, 0.2) is 18.5 Å². The van der Waals surface area contributed by atoms with Gasteiger partial charge in [-0.15, -0.1) is 0 Å². The molecule has 1 heterocycles. The minimum absolute atomic E-state index is 0.288. The molecule has 4 bridgehead atoms. The number of aliphatic hydroxyl groups is 1. The lowest BCUT2D eigenvalue weighted by Crippen LogP contribution is -2.47. The second-order valence-corrected chi connectivity index (χ2v) is 7.19. The summed E-state index contributed by atoms with van der Waals surface area (Å²) in [6.45, 7) is 2.09. The molecule has 1 aromatic heterocycles. The Labute approximate surface area is 115 Å². The highest BCUT2D eigenvalue weighted by Crippen LogP contribution is 2.59. The summed E-state index contributed by atoms with van der Waals surface area (Å²) >= 11 is 0. The fraction of sp³-hybridized carbons (Fsp3) is 0.706. The Kier molecular flexibility index (Phi) is 2.70. The molecular weight excluding hydrogens is 234 g/mol. The van der Waals surface area contributed by atoms with Crippen LogP contribution in [-0.2, 0) is 0 Å². The molecule has 4 saturated carbocycles. The van der Waals surface area contributed by atoms with Crippen LogP contribution in [0.3, 0.4) is 0 Å². The van der Waals surface area contributed by atoms with E-state index in [2.05, 4.69) is 11.9 Å². The maximum atomic E-state index is 10.9. The van der Waals surface area contributed by atoms with E-state index in [1.807, 2.05) is 18.5 Å². The van der Waals surface area contributed by atoms with Crippen molar-refractivity contribution in [1.82, 2.24) is 4.98 Å². The fourth-order valence-electron chi connectivity index (χ4n) is 5.48. The van der Waals surface area contributed by atoms with Gasteiger partial charge in [0.15, 0.2) is 0 Å². The van der Waals surface area contributed by atoms with Crippen LogP contribution >= 0.6 is 0 Å². The highest BCUT2D eigenvalue weighted by atomic mass is 16.3. The van der Waals surface area contributed by atoms with Crippen LogP contribution < -0.4 is 0 Å². The summed E-state index contributed by atoms with van der Waals surface area (Å²) in [6.07, 6.45) is 10.4. The lowest BCUT2D eigenvalue weighted by molar-refractivity contribution is -0.0910. The molecule has 4 aliphatic rings. The number of pyridine rings is 1. The van der Waals surface area contributed by atoms with Crippen molar-refractivity contribution in [3.8, 4) is 0 Å². The number of aryl methyl sites for hydroxylation is 1. The summed E-state index contributed by atoms with van der Waals surface area (Å²) < 4.78 is 0. The quantitative estimate of drug-likeness (QED) is 0.879. The van der Waals surface area contributed by atoms with Crippen LogP contribution in [0.5, 0.6) is 0 Å². The number of hydrogen-bond donors (Lipinski definition) is 1. The Morgan fingerprint density at radius 2 is 1.74 bits per heavy atom. The van der Waals surface area contributed by atoms with Crippen molar-refractivity contribution >= 4 is 0 Å². The monoisotopic (exact) mass is 257 g/mol. The molecule has 0 aromatic carbocycles. The van der Waals surface area contributed by atoms with Gasteiger partial charge in [-0.2, -0.15) is 0 Å². The third-order valence-electron chi connectivity index (χ3n) is 6.06. The van der Waals surface area contributed by atoms with E-state index >= 15 is 0 Å². The third-order valence-corrected chi connectivity index (χ3v) is 6.06. The van der Waals surface area contributed by atoms with E-state index in [0.717, 1.165) is 29.2 Å². The minimum Gasteiger partial charge on any atom is -0.388 e. The number of aromatic nitrogens is 1. The molecule has 0 saturated heterocycles. The van der Waals surface area contributed by atoms with Crippen molar-refractivity contribution in [3.63, 3.8) is 0 Å².